The van der Waals surface area contributed by atoms with Gasteiger partial charge in [0.05, 0.1) is 54.7 Å². The molecule has 1 fully saturated rings. The number of carbonyl (C=O) groups is 1. The number of esters is 1. The topological polar surface area (TPSA) is 97.6 Å². The van der Waals surface area contributed by atoms with Crippen molar-refractivity contribution in [1.29, 1.82) is 0 Å². The average molecular weight is 665 g/mol. The number of hydrogen-bond acceptors (Lipinski definition) is 8. The van der Waals surface area contributed by atoms with Crippen molar-refractivity contribution in [2.75, 3.05) is 20.8 Å². The van der Waals surface area contributed by atoms with E-state index in [2.05, 4.69) is 25.9 Å². The van der Waals surface area contributed by atoms with E-state index in [0.717, 1.165) is 12.5 Å². The minimum Gasteiger partial charge on any atom is -0.481 e. The van der Waals surface area contributed by atoms with E-state index in [1.807, 2.05) is 4.57 Å². The highest BCUT2D eigenvalue weighted by atomic mass is 79.9. The van der Waals surface area contributed by atoms with Crippen LogP contribution in [-0.4, -0.2) is 52.4 Å². The molecule has 0 bridgehead atoms. The van der Waals surface area contributed by atoms with Crippen LogP contribution in [0.25, 0.3) is 22.3 Å². The van der Waals surface area contributed by atoms with Crippen LogP contribution in [0.3, 0.4) is 0 Å². The Morgan fingerprint density at radius 2 is 1.86 bits per heavy atom. The summed E-state index contributed by atoms with van der Waals surface area (Å²) in [5.74, 6) is -0.559. The fourth-order valence-corrected chi connectivity index (χ4v) is 5.30. The van der Waals surface area contributed by atoms with Gasteiger partial charge in [0.25, 0.3) is 0 Å². The monoisotopic (exact) mass is 664 g/mol. The zero-order valence-corrected chi connectivity index (χ0v) is 25.4. The number of pyridine rings is 2. The molecule has 0 unspecified atom stereocenters. The molecule has 5 aromatic rings. The SMILES string of the molecule is COC(=O)c1ccc2nc(Cc3cc(F)c(-c4cccc(OCc5ccc(Br)nc5OC)n4)cc3F)n(C[C@@H]3CCO3)c2c1. The third-order valence-corrected chi connectivity index (χ3v) is 7.83. The molecule has 2 aromatic carbocycles. The predicted molar refractivity (Wildman–Crippen MR) is 161 cm³/mol. The molecule has 6 rings (SSSR count). The minimum atomic E-state index is -0.636. The number of carbonyl (C=O) groups excluding carboxylic acids is 1. The molecule has 1 saturated heterocycles. The summed E-state index contributed by atoms with van der Waals surface area (Å²) in [6.45, 7) is 1.25. The lowest BCUT2D eigenvalue weighted by Crippen LogP contribution is -2.31. The number of halogens is 3. The zero-order chi connectivity index (χ0) is 30.8. The molecule has 12 heteroatoms. The molecule has 1 aliphatic heterocycles. The molecule has 0 spiro atoms. The Balaban J connectivity index is 1.26. The summed E-state index contributed by atoms with van der Waals surface area (Å²) in [4.78, 5) is 25.5. The highest BCUT2D eigenvalue weighted by molar-refractivity contribution is 9.10. The van der Waals surface area contributed by atoms with Crippen molar-refractivity contribution in [2.24, 2.45) is 0 Å². The lowest BCUT2D eigenvalue weighted by molar-refractivity contribution is -0.0589. The summed E-state index contributed by atoms with van der Waals surface area (Å²) in [6.07, 6.45) is 0.868. The van der Waals surface area contributed by atoms with Gasteiger partial charge in [-0.2, -0.15) is 0 Å². The van der Waals surface area contributed by atoms with E-state index in [1.165, 1.54) is 20.3 Å². The third-order valence-electron chi connectivity index (χ3n) is 7.39. The van der Waals surface area contributed by atoms with Crippen LogP contribution in [0.1, 0.15) is 33.7 Å². The summed E-state index contributed by atoms with van der Waals surface area (Å²) < 4.78 is 55.2. The maximum Gasteiger partial charge on any atom is 0.337 e. The molecular weight excluding hydrogens is 638 g/mol. The van der Waals surface area contributed by atoms with Gasteiger partial charge in [-0.15, -0.1) is 0 Å². The van der Waals surface area contributed by atoms with Gasteiger partial charge in [0.15, 0.2) is 0 Å². The van der Waals surface area contributed by atoms with Crippen LogP contribution < -0.4 is 9.47 Å². The van der Waals surface area contributed by atoms with Crippen molar-refractivity contribution in [3.05, 3.63) is 99.4 Å². The number of methoxy groups -OCH3 is 2. The zero-order valence-electron chi connectivity index (χ0n) is 23.9. The van der Waals surface area contributed by atoms with Crippen LogP contribution in [-0.2, 0) is 29.0 Å². The first-order valence-electron chi connectivity index (χ1n) is 13.8. The van der Waals surface area contributed by atoms with E-state index in [1.54, 1.807) is 48.5 Å². The van der Waals surface area contributed by atoms with Gasteiger partial charge in [-0.05, 0) is 76.4 Å². The van der Waals surface area contributed by atoms with Crippen molar-refractivity contribution in [2.45, 2.75) is 32.1 Å². The summed E-state index contributed by atoms with van der Waals surface area (Å²) >= 11 is 3.30. The average Bonchev–Trinajstić information content (AvgIpc) is 3.35. The Kier molecular flexibility index (Phi) is 8.53. The molecular formula is C32H27BrF2N4O5. The summed E-state index contributed by atoms with van der Waals surface area (Å²) in [7, 11) is 2.83. The second-order valence-electron chi connectivity index (χ2n) is 10.2. The number of benzene rings is 2. The Bertz CT molecular complexity index is 1860. The number of imidazole rings is 1. The number of fused-ring (bicyclic) bond motifs is 1. The van der Waals surface area contributed by atoms with Gasteiger partial charge in [0.1, 0.15) is 28.7 Å². The van der Waals surface area contributed by atoms with Gasteiger partial charge >= 0.3 is 5.97 Å². The van der Waals surface area contributed by atoms with Crippen molar-refractivity contribution >= 4 is 32.9 Å². The highest BCUT2D eigenvalue weighted by Crippen LogP contribution is 2.29. The lowest BCUT2D eigenvalue weighted by Gasteiger charge is -2.27. The van der Waals surface area contributed by atoms with Crippen LogP contribution in [0, 0.1) is 11.6 Å². The van der Waals surface area contributed by atoms with E-state index >= 15 is 8.78 Å². The summed E-state index contributed by atoms with van der Waals surface area (Å²) in [5.41, 5.74) is 2.73. The fourth-order valence-electron chi connectivity index (χ4n) is 5.01. The standard InChI is InChI=1S/C32H27BrF2N4O5/c1-41-31-19(7-9-28(33)38-31)17-44-30-5-3-4-25(37-30)22-15-23(34)20(12-24(22)35)14-29-36-26-8-6-18(32(40)42-2)13-27(26)39(29)16-21-10-11-43-21/h3-9,12-13,15,21H,10-11,14,16-17H2,1-2H3/t21-/m0/s1. The van der Waals surface area contributed by atoms with Crippen LogP contribution in [0.5, 0.6) is 11.8 Å². The number of hydrogen-bond donors (Lipinski definition) is 0. The van der Waals surface area contributed by atoms with E-state index in [9.17, 15) is 4.79 Å². The first-order chi connectivity index (χ1) is 21.3. The van der Waals surface area contributed by atoms with Crippen LogP contribution in [0.4, 0.5) is 8.78 Å². The van der Waals surface area contributed by atoms with Crippen LogP contribution >= 0.6 is 15.9 Å². The predicted octanol–water partition coefficient (Wildman–Crippen LogP) is 6.29. The normalized spacial score (nSPS) is 14.3. The third kappa shape index (κ3) is 6.13. The molecule has 0 saturated carbocycles. The molecule has 0 aliphatic carbocycles. The molecule has 0 amide bonds. The van der Waals surface area contributed by atoms with Crippen molar-refractivity contribution in [3.63, 3.8) is 0 Å². The van der Waals surface area contributed by atoms with Gasteiger partial charge in [0, 0.05) is 24.7 Å². The Hall–Kier alpha value is -4.42. The molecule has 3 aromatic heterocycles. The van der Waals surface area contributed by atoms with E-state index in [0.29, 0.717) is 51.6 Å². The maximum absolute atomic E-state index is 15.6. The largest absolute Gasteiger partial charge is 0.481 e. The fraction of sp³-hybridized carbons (Fsp3) is 0.250. The Labute approximate surface area is 259 Å². The van der Waals surface area contributed by atoms with Crippen LogP contribution in [0.15, 0.2) is 65.3 Å². The second-order valence-corrected chi connectivity index (χ2v) is 11.0. The summed E-state index contributed by atoms with van der Waals surface area (Å²) in [6, 6.07) is 15.8. The molecule has 226 valence electrons. The van der Waals surface area contributed by atoms with E-state index in [4.69, 9.17) is 23.9 Å². The Morgan fingerprint density at radius 3 is 2.61 bits per heavy atom. The second kappa shape index (κ2) is 12.7. The molecule has 0 N–H and O–H groups in total. The van der Waals surface area contributed by atoms with Gasteiger partial charge in [-0.1, -0.05) is 6.07 Å². The van der Waals surface area contributed by atoms with Crippen molar-refractivity contribution in [1.82, 2.24) is 19.5 Å². The lowest BCUT2D eigenvalue weighted by atomic mass is 10.0. The van der Waals surface area contributed by atoms with Crippen molar-refractivity contribution in [3.8, 4) is 23.0 Å². The number of rotatable bonds is 10. The molecule has 4 heterocycles. The number of nitrogens with zero attached hydrogens (tertiary/aromatic N) is 4. The quantitative estimate of drug-likeness (QED) is 0.127. The Morgan fingerprint density at radius 1 is 1.02 bits per heavy atom. The smallest absolute Gasteiger partial charge is 0.337 e. The van der Waals surface area contributed by atoms with Gasteiger partial charge in [0.2, 0.25) is 11.8 Å². The van der Waals surface area contributed by atoms with Crippen LogP contribution in [0.2, 0.25) is 0 Å². The summed E-state index contributed by atoms with van der Waals surface area (Å²) in [5, 5.41) is 0. The molecule has 1 atom stereocenters. The van der Waals surface area contributed by atoms with Crippen molar-refractivity contribution < 1.29 is 32.5 Å². The van der Waals surface area contributed by atoms with E-state index in [-0.39, 0.29) is 41.8 Å². The first kappa shape index (κ1) is 29.6. The minimum absolute atomic E-state index is 0.00122. The van der Waals surface area contributed by atoms with Gasteiger partial charge in [-0.25, -0.2) is 28.5 Å². The van der Waals surface area contributed by atoms with E-state index < -0.39 is 17.6 Å². The highest BCUT2D eigenvalue weighted by Gasteiger charge is 2.24. The molecule has 44 heavy (non-hydrogen) atoms. The number of ether oxygens (including phenoxy) is 4. The molecule has 9 nitrogen and oxygen atoms in total. The first-order valence-corrected chi connectivity index (χ1v) is 14.6. The number of aromatic nitrogens is 4. The molecule has 0 radical (unpaired) electrons. The maximum atomic E-state index is 15.6. The van der Waals surface area contributed by atoms with Gasteiger partial charge in [-0.3, -0.25) is 0 Å². The molecule has 1 aliphatic rings. The van der Waals surface area contributed by atoms with Gasteiger partial charge < -0.3 is 23.5 Å².